The van der Waals surface area contributed by atoms with Gasteiger partial charge in [0.25, 0.3) is 11.5 Å². The number of aromatic nitrogens is 2. The summed E-state index contributed by atoms with van der Waals surface area (Å²) in [6.45, 7) is 5.63. The molecule has 1 aromatic carbocycles. The van der Waals surface area contributed by atoms with Gasteiger partial charge in [-0.3, -0.25) is 9.59 Å². The number of carbonyl (C=O) groups excluding carboxylic acids is 2. The first kappa shape index (κ1) is 20.2. The van der Waals surface area contributed by atoms with Crippen molar-refractivity contribution in [1.29, 1.82) is 0 Å². The molecule has 1 amide bonds. The SMILES string of the molecule is CCCn1nc(C(=O)OC(C)C(=O)Nc2cc(C)ccc2OC)ccc1=O. The van der Waals surface area contributed by atoms with Gasteiger partial charge >= 0.3 is 5.97 Å². The Bertz CT molecular complexity index is 891. The van der Waals surface area contributed by atoms with Crippen LogP contribution in [0.3, 0.4) is 0 Å². The summed E-state index contributed by atoms with van der Waals surface area (Å²) < 4.78 is 11.6. The molecule has 2 aromatic rings. The minimum Gasteiger partial charge on any atom is -0.495 e. The smallest absolute Gasteiger partial charge is 0.359 e. The molecule has 0 aliphatic heterocycles. The average molecular weight is 373 g/mol. The van der Waals surface area contributed by atoms with Crippen molar-refractivity contribution in [3.8, 4) is 5.75 Å². The first-order valence-corrected chi connectivity index (χ1v) is 8.60. The summed E-state index contributed by atoms with van der Waals surface area (Å²) >= 11 is 0. The molecule has 0 aliphatic carbocycles. The zero-order valence-electron chi connectivity index (χ0n) is 15.8. The molecular formula is C19H23N3O5. The number of esters is 1. The summed E-state index contributed by atoms with van der Waals surface area (Å²) in [5.41, 5.74) is 1.10. The second kappa shape index (κ2) is 8.98. The maximum Gasteiger partial charge on any atom is 0.359 e. The number of nitrogens with one attached hydrogen (secondary N) is 1. The third-order valence-corrected chi connectivity index (χ3v) is 3.78. The number of aryl methyl sites for hydroxylation is 2. The highest BCUT2D eigenvalue weighted by Crippen LogP contribution is 2.25. The van der Waals surface area contributed by atoms with Crippen molar-refractivity contribution in [1.82, 2.24) is 9.78 Å². The minimum atomic E-state index is -1.06. The number of hydrogen-bond acceptors (Lipinski definition) is 6. The van der Waals surface area contributed by atoms with Crippen molar-refractivity contribution in [2.24, 2.45) is 0 Å². The summed E-state index contributed by atoms with van der Waals surface area (Å²) in [5.74, 6) is -0.784. The molecule has 0 aliphatic rings. The Morgan fingerprint density at radius 2 is 2.00 bits per heavy atom. The average Bonchev–Trinajstić information content (AvgIpc) is 2.63. The van der Waals surface area contributed by atoms with E-state index >= 15 is 0 Å². The van der Waals surface area contributed by atoms with Crippen LogP contribution in [-0.4, -0.2) is 34.9 Å². The fourth-order valence-corrected chi connectivity index (χ4v) is 2.36. The molecule has 144 valence electrons. The van der Waals surface area contributed by atoms with E-state index in [1.807, 2.05) is 19.9 Å². The number of benzene rings is 1. The standard InChI is InChI=1S/C19H23N3O5/c1-5-10-22-17(23)9-7-14(21-22)19(25)27-13(3)18(24)20-15-11-12(2)6-8-16(15)26-4/h6-9,11,13H,5,10H2,1-4H3,(H,20,24). The van der Waals surface area contributed by atoms with E-state index in [0.29, 0.717) is 24.4 Å². The van der Waals surface area contributed by atoms with Gasteiger partial charge in [-0.15, -0.1) is 0 Å². The van der Waals surface area contributed by atoms with Crippen LogP contribution >= 0.6 is 0 Å². The first-order valence-electron chi connectivity index (χ1n) is 8.60. The Morgan fingerprint density at radius 1 is 1.26 bits per heavy atom. The summed E-state index contributed by atoms with van der Waals surface area (Å²) in [6.07, 6.45) is -0.362. The van der Waals surface area contributed by atoms with Gasteiger partial charge in [-0.05, 0) is 44.0 Å². The van der Waals surface area contributed by atoms with Crippen LogP contribution in [-0.2, 0) is 16.1 Å². The number of rotatable bonds is 7. The zero-order chi connectivity index (χ0) is 20.0. The van der Waals surface area contributed by atoms with Gasteiger partial charge in [0.2, 0.25) is 0 Å². The molecule has 0 spiro atoms. The monoisotopic (exact) mass is 373 g/mol. The molecule has 8 heteroatoms. The Morgan fingerprint density at radius 3 is 2.67 bits per heavy atom. The number of methoxy groups -OCH3 is 1. The quantitative estimate of drug-likeness (QED) is 0.747. The fourth-order valence-electron chi connectivity index (χ4n) is 2.36. The van der Waals surface area contributed by atoms with E-state index in [4.69, 9.17) is 9.47 Å². The van der Waals surface area contributed by atoms with Crippen LogP contribution in [0, 0.1) is 6.92 Å². The zero-order valence-corrected chi connectivity index (χ0v) is 15.8. The Kier molecular flexibility index (Phi) is 6.70. The van der Waals surface area contributed by atoms with Crippen LogP contribution in [0.2, 0.25) is 0 Å². The van der Waals surface area contributed by atoms with Crippen LogP contribution in [0.15, 0.2) is 35.1 Å². The van der Waals surface area contributed by atoms with Crippen LogP contribution in [0.4, 0.5) is 5.69 Å². The molecule has 1 atom stereocenters. The van der Waals surface area contributed by atoms with Crippen molar-refractivity contribution in [3.63, 3.8) is 0 Å². The van der Waals surface area contributed by atoms with E-state index < -0.39 is 18.0 Å². The minimum absolute atomic E-state index is 0.0316. The second-order valence-electron chi connectivity index (χ2n) is 6.02. The van der Waals surface area contributed by atoms with Crippen molar-refractivity contribution < 1.29 is 19.1 Å². The van der Waals surface area contributed by atoms with E-state index in [9.17, 15) is 14.4 Å². The molecule has 1 unspecified atom stereocenters. The number of nitrogens with zero attached hydrogens (tertiary/aromatic N) is 2. The number of ether oxygens (including phenoxy) is 2. The molecule has 27 heavy (non-hydrogen) atoms. The van der Waals surface area contributed by atoms with Crippen molar-refractivity contribution in [2.75, 3.05) is 12.4 Å². The van der Waals surface area contributed by atoms with E-state index in [2.05, 4.69) is 10.4 Å². The van der Waals surface area contributed by atoms with Crippen molar-refractivity contribution >= 4 is 17.6 Å². The van der Waals surface area contributed by atoms with Gasteiger partial charge in [0.15, 0.2) is 11.8 Å². The molecule has 1 heterocycles. The predicted octanol–water partition coefficient (Wildman–Crippen LogP) is 2.15. The molecule has 0 saturated carbocycles. The highest BCUT2D eigenvalue weighted by Gasteiger charge is 2.21. The van der Waals surface area contributed by atoms with Gasteiger partial charge < -0.3 is 14.8 Å². The molecular weight excluding hydrogens is 350 g/mol. The third kappa shape index (κ3) is 5.16. The lowest BCUT2D eigenvalue weighted by molar-refractivity contribution is -0.123. The van der Waals surface area contributed by atoms with E-state index in [1.165, 1.54) is 30.8 Å². The van der Waals surface area contributed by atoms with Gasteiger partial charge in [-0.25, -0.2) is 9.48 Å². The highest BCUT2D eigenvalue weighted by molar-refractivity contribution is 5.97. The number of anilines is 1. The molecule has 0 fully saturated rings. The van der Waals surface area contributed by atoms with Crippen LogP contribution in [0.25, 0.3) is 0 Å². The van der Waals surface area contributed by atoms with Gasteiger partial charge in [-0.2, -0.15) is 5.10 Å². The van der Waals surface area contributed by atoms with Crippen molar-refractivity contribution in [3.05, 3.63) is 51.9 Å². The van der Waals surface area contributed by atoms with Crippen molar-refractivity contribution in [2.45, 2.75) is 39.8 Å². The van der Waals surface area contributed by atoms with E-state index in [1.54, 1.807) is 12.1 Å². The number of hydrogen-bond donors (Lipinski definition) is 1. The second-order valence-corrected chi connectivity index (χ2v) is 6.02. The van der Waals surface area contributed by atoms with Crippen LogP contribution in [0.1, 0.15) is 36.3 Å². The highest BCUT2D eigenvalue weighted by atomic mass is 16.5. The lowest BCUT2D eigenvalue weighted by Gasteiger charge is -2.15. The first-order chi connectivity index (χ1) is 12.8. The Labute approximate surface area is 157 Å². The van der Waals surface area contributed by atoms with Gasteiger partial charge in [0.1, 0.15) is 5.75 Å². The molecule has 2 rings (SSSR count). The number of amides is 1. The van der Waals surface area contributed by atoms with Gasteiger partial charge in [0, 0.05) is 12.6 Å². The molecule has 0 radical (unpaired) electrons. The Hall–Kier alpha value is -3.16. The summed E-state index contributed by atoms with van der Waals surface area (Å²) in [5, 5.41) is 6.66. The molecule has 8 nitrogen and oxygen atoms in total. The largest absolute Gasteiger partial charge is 0.495 e. The van der Waals surface area contributed by atoms with Crippen LogP contribution in [0.5, 0.6) is 5.75 Å². The molecule has 1 N–H and O–H groups in total. The third-order valence-electron chi connectivity index (χ3n) is 3.78. The lowest BCUT2D eigenvalue weighted by atomic mass is 10.2. The van der Waals surface area contributed by atoms with Gasteiger partial charge in [0.05, 0.1) is 12.8 Å². The summed E-state index contributed by atoms with van der Waals surface area (Å²) in [4.78, 5) is 36.3. The summed E-state index contributed by atoms with van der Waals surface area (Å²) in [6, 6.07) is 7.89. The van der Waals surface area contributed by atoms with Crippen LogP contribution < -0.4 is 15.6 Å². The van der Waals surface area contributed by atoms with E-state index in [-0.39, 0.29) is 11.3 Å². The lowest BCUT2D eigenvalue weighted by Crippen LogP contribution is -2.31. The summed E-state index contributed by atoms with van der Waals surface area (Å²) in [7, 11) is 1.50. The fraction of sp³-hybridized carbons (Fsp3) is 0.368. The topological polar surface area (TPSA) is 99.5 Å². The maximum absolute atomic E-state index is 12.4. The molecule has 0 saturated heterocycles. The molecule has 1 aromatic heterocycles. The van der Waals surface area contributed by atoms with E-state index in [0.717, 1.165) is 5.56 Å². The maximum atomic E-state index is 12.4. The van der Waals surface area contributed by atoms with Gasteiger partial charge in [-0.1, -0.05) is 13.0 Å². The predicted molar refractivity (Wildman–Crippen MR) is 100 cm³/mol. The number of carbonyl (C=O) groups is 2. The molecule has 0 bridgehead atoms. The normalized spacial score (nSPS) is 11.6. The Balaban J connectivity index is 2.08.